The summed E-state index contributed by atoms with van der Waals surface area (Å²) in [5.74, 6) is 0.415. The Morgan fingerprint density at radius 2 is 2.00 bits per heavy atom. The van der Waals surface area contributed by atoms with Gasteiger partial charge in [0.2, 0.25) is 0 Å². The van der Waals surface area contributed by atoms with Crippen molar-refractivity contribution in [2.24, 2.45) is 0 Å². The van der Waals surface area contributed by atoms with Gasteiger partial charge in [-0.05, 0) is 29.8 Å². The molecule has 12 heavy (non-hydrogen) atoms. The highest BCUT2D eigenvalue weighted by Gasteiger charge is 2.18. The van der Waals surface area contributed by atoms with E-state index in [-0.39, 0.29) is 0 Å². The molecule has 0 spiro atoms. The minimum atomic E-state index is -3.48. The van der Waals surface area contributed by atoms with Gasteiger partial charge in [-0.2, -0.15) is 0 Å². The number of hydrogen-bond acceptors (Lipinski definition) is 3. The zero-order valence-electron chi connectivity index (χ0n) is 6.51. The highest BCUT2D eigenvalue weighted by Crippen LogP contribution is 2.53. The third-order valence-electron chi connectivity index (χ3n) is 1.19. The van der Waals surface area contributed by atoms with Crippen molar-refractivity contribution < 1.29 is 14.0 Å². The van der Waals surface area contributed by atoms with Crippen molar-refractivity contribution in [3.05, 3.63) is 30.3 Å². The van der Waals surface area contributed by atoms with Gasteiger partial charge in [-0.1, -0.05) is 18.2 Å². The van der Waals surface area contributed by atoms with Crippen LogP contribution in [0.2, 0.25) is 0 Å². The Bertz CT molecular complexity index is 288. The molecule has 1 N–H and O–H groups in total. The molecule has 3 nitrogen and oxygen atoms in total. The standard InChI is InChI=1S/C7H9O3PS/c1-12-11(8,9)10-7-5-3-2-4-6-7/h2-6H,1H3,(H,8,9). The second kappa shape index (κ2) is 3.99. The lowest BCUT2D eigenvalue weighted by atomic mass is 10.3. The van der Waals surface area contributed by atoms with Crippen molar-refractivity contribution in [1.29, 1.82) is 0 Å². The highest BCUT2D eigenvalue weighted by atomic mass is 32.7. The lowest BCUT2D eigenvalue weighted by Crippen LogP contribution is -1.86. The van der Waals surface area contributed by atoms with Crippen LogP contribution in [0.25, 0.3) is 0 Å². The van der Waals surface area contributed by atoms with Crippen molar-refractivity contribution in [2.45, 2.75) is 0 Å². The third-order valence-corrected chi connectivity index (χ3v) is 3.71. The van der Waals surface area contributed by atoms with Crippen molar-refractivity contribution in [3.63, 3.8) is 0 Å². The first-order chi connectivity index (χ1) is 5.64. The quantitative estimate of drug-likeness (QED) is 0.768. The fourth-order valence-corrected chi connectivity index (χ4v) is 1.60. The molecule has 1 rings (SSSR count). The van der Waals surface area contributed by atoms with Gasteiger partial charge in [-0.25, -0.2) is 4.57 Å². The smallest absolute Gasteiger partial charge is 0.417 e. The molecule has 0 saturated heterocycles. The van der Waals surface area contributed by atoms with E-state index in [0.717, 1.165) is 11.4 Å². The van der Waals surface area contributed by atoms with Crippen molar-refractivity contribution in [3.8, 4) is 5.75 Å². The van der Waals surface area contributed by atoms with Crippen LogP contribution in [0.5, 0.6) is 5.75 Å². The molecule has 1 aromatic rings. The fourth-order valence-electron chi connectivity index (χ4n) is 0.652. The molecule has 1 unspecified atom stereocenters. The minimum Gasteiger partial charge on any atom is -0.417 e. The number of para-hydroxylation sites is 1. The molecule has 0 saturated carbocycles. The maximum Gasteiger partial charge on any atom is 0.437 e. The average Bonchev–Trinajstić information content (AvgIpc) is 2.06. The van der Waals surface area contributed by atoms with Gasteiger partial charge in [0.1, 0.15) is 5.75 Å². The zero-order valence-corrected chi connectivity index (χ0v) is 8.22. The van der Waals surface area contributed by atoms with Gasteiger partial charge in [0.05, 0.1) is 0 Å². The molecule has 0 aliphatic carbocycles. The molecule has 0 aliphatic rings. The first kappa shape index (κ1) is 9.65. The molecule has 0 aromatic heterocycles. The Labute approximate surface area is 75.0 Å². The summed E-state index contributed by atoms with van der Waals surface area (Å²) >= 11 is 0.811. The molecular weight excluding hydrogens is 195 g/mol. The summed E-state index contributed by atoms with van der Waals surface area (Å²) in [6.07, 6.45) is 1.53. The summed E-state index contributed by atoms with van der Waals surface area (Å²) in [6.45, 7) is -3.48. The molecule has 66 valence electrons. The van der Waals surface area contributed by atoms with Crippen LogP contribution in [0.1, 0.15) is 0 Å². The monoisotopic (exact) mass is 204 g/mol. The molecule has 0 heterocycles. The van der Waals surface area contributed by atoms with Crippen LogP contribution in [0.3, 0.4) is 0 Å². The lowest BCUT2D eigenvalue weighted by Gasteiger charge is -2.09. The van der Waals surface area contributed by atoms with Gasteiger partial charge in [-0.15, -0.1) is 0 Å². The lowest BCUT2D eigenvalue weighted by molar-refractivity contribution is 0.403. The second-order valence-corrected chi connectivity index (χ2v) is 6.02. The van der Waals surface area contributed by atoms with Crippen LogP contribution >= 0.6 is 18.2 Å². The van der Waals surface area contributed by atoms with Gasteiger partial charge in [0.15, 0.2) is 0 Å². The number of rotatable bonds is 3. The van der Waals surface area contributed by atoms with Gasteiger partial charge in [0.25, 0.3) is 0 Å². The van der Waals surface area contributed by atoms with E-state index >= 15 is 0 Å². The zero-order chi connectivity index (χ0) is 9.03. The maximum absolute atomic E-state index is 11.0. The molecule has 5 heteroatoms. The predicted molar refractivity (Wildman–Crippen MR) is 50.4 cm³/mol. The summed E-state index contributed by atoms with van der Waals surface area (Å²) in [5.41, 5.74) is 0. The predicted octanol–water partition coefficient (Wildman–Crippen LogP) is 2.53. The first-order valence-electron chi connectivity index (χ1n) is 3.27. The average molecular weight is 204 g/mol. The van der Waals surface area contributed by atoms with Crippen LogP contribution in [-0.2, 0) is 4.57 Å². The molecular formula is C7H9O3PS. The Hall–Kier alpha value is -0.440. The van der Waals surface area contributed by atoms with Crippen molar-refractivity contribution >= 4 is 18.2 Å². The summed E-state index contributed by atoms with van der Waals surface area (Å²) in [5, 5.41) is 0. The Morgan fingerprint density at radius 3 is 2.50 bits per heavy atom. The molecule has 1 atom stereocenters. The van der Waals surface area contributed by atoms with E-state index < -0.39 is 6.80 Å². The maximum atomic E-state index is 11.0. The summed E-state index contributed by atoms with van der Waals surface area (Å²) in [4.78, 5) is 9.07. The van der Waals surface area contributed by atoms with Crippen LogP contribution in [-0.4, -0.2) is 11.1 Å². The molecule has 0 fully saturated rings. The van der Waals surface area contributed by atoms with Crippen molar-refractivity contribution in [1.82, 2.24) is 0 Å². The van der Waals surface area contributed by atoms with Crippen molar-refractivity contribution in [2.75, 3.05) is 6.26 Å². The molecule has 1 aromatic carbocycles. The van der Waals surface area contributed by atoms with Crippen LogP contribution in [0.4, 0.5) is 0 Å². The summed E-state index contributed by atoms with van der Waals surface area (Å²) < 4.78 is 15.9. The van der Waals surface area contributed by atoms with Gasteiger partial charge in [0, 0.05) is 0 Å². The van der Waals surface area contributed by atoms with Gasteiger partial charge < -0.3 is 9.42 Å². The first-order valence-corrected chi connectivity index (χ1v) is 6.68. The van der Waals surface area contributed by atoms with E-state index in [2.05, 4.69) is 0 Å². The van der Waals surface area contributed by atoms with E-state index in [1.165, 1.54) is 6.26 Å². The SMILES string of the molecule is CSP(=O)(O)Oc1ccccc1. The van der Waals surface area contributed by atoms with Gasteiger partial charge >= 0.3 is 6.80 Å². The van der Waals surface area contributed by atoms with Gasteiger partial charge in [-0.3, -0.25) is 0 Å². The van der Waals surface area contributed by atoms with E-state index in [1.54, 1.807) is 24.3 Å². The highest BCUT2D eigenvalue weighted by molar-refractivity contribution is 8.54. The summed E-state index contributed by atoms with van der Waals surface area (Å²) in [7, 11) is 0. The molecule has 0 aliphatic heterocycles. The topological polar surface area (TPSA) is 46.5 Å². The largest absolute Gasteiger partial charge is 0.437 e. The molecule has 0 bridgehead atoms. The Balaban J connectivity index is 2.71. The van der Waals surface area contributed by atoms with Crippen LogP contribution in [0, 0.1) is 0 Å². The number of hydrogen-bond donors (Lipinski definition) is 1. The Kier molecular flexibility index (Phi) is 3.20. The second-order valence-electron chi connectivity index (χ2n) is 2.06. The van der Waals surface area contributed by atoms with E-state index in [0.29, 0.717) is 5.75 Å². The van der Waals surface area contributed by atoms with Crippen LogP contribution in [0.15, 0.2) is 30.3 Å². The van der Waals surface area contributed by atoms with E-state index in [4.69, 9.17) is 9.42 Å². The van der Waals surface area contributed by atoms with E-state index in [9.17, 15) is 4.57 Å². The minimum absolute atomic E-state index is 0.415. The molecule has 0 radical (unpaired) electrons. The number of benzene rings is 1. The fraction of sp³-hybridized carbons (Fsp3) is 0.143. The van der Waals surface area contributed by atoms with Crippen LogP contribution < -0.4 is 4.52 Å². The van der Waals surface area contributed by atoms with E-state index in [1.807, 2.05) is 6.07 Å². The summed E-state index contributed by atoms with van der Waals surface area (Å²) in [6, 6.07) is 8.58. The normalized spacial score (nSPS) is 15.2. The molecule has 0 amide bonds. The third kappa shape index (κ3) is 2.89. The Morgan fingerprint density at radius 1 is 1.42 bits per heavy atom.